The summed E-state index contributed by atoms with van der Waals surface area (Å²) in [6.07, 6.45) is -0.284. The number of carbonyl (C=O) groups excluding carboxylic acids is 2. The third kappa shape index (κ3) is 5.42. The van der Waals surface area contributed by atoms with Gasteiger partial charge in [0.05, 0.1) is 10.5 Å². The van der Waals surface area contributed by atoms with E-state index in [2.05, 4.69) is 5.32 Å². The van der Waals surface area contributed by atoms with E-state index >= 15 is 0 Å². The van der Waals surface area contributed by atoms with Crippen LogP contribution in [0.25, 0.3) is 0 Å². The van der Waals surface area contributed by atoms with Crippen molar-refractivity contribution in [1.82, 2.24) is 5.32 Å². The van der Waals surface area contributed by atoms with Crippen LogP contribution < -0.4 is 5.32 Å². The van der Waals surface area contributed by atoms with Crippen LogP contribution in [0, 0.1) is 10.1 Å². The maximum Gasteiger partial charge on any atom is 0.338 e. The molecule has 7 nitrogen and oxygen atoms in total. The van der Waals surface area contributed by atoms with Crippen molar-refractivity contribution in [2.24, 2.45) is 0 Å². The summed E-state index contributed by atoms with van der Waals surface area (Å²) in [6, 6.07) is 14.7. The highest BCUT2D eigenvalue weighted by Crippen LogP contribution is 2.13. The van der Waals surface area contributed by atoms with Crippen molar-refractivity contribution >= 4 is 17.6 Å². The summed E-state index contributed by atoms with van der Waals surface area (Å²) in [4.78, 5) is 34.0. The van der Waals surface area contributed by atoms with Gasteiger partial charge in [-0.05, 0) is 31.0 Å². The van der Waals surface area contributed by atoms with Crippen LogP contribution in [0.15, 0.2) is 54.6 Å². The van der Waals surface area contributed by atoms with Crippen LogP contribution in [0.1, 0.15) is 22.8 Å². The van der Waals surface area contributed by atoms with E-state index in [1.54, 1.807) is 0 Å². The fraction of sp³-hybridized carbons (Fsp3) is 0.222. The molecule has 130 valence electrons. The van der Waals surface area contributed by atoms with Crippen LogP contribution in [-0.2, 0) is 16.0 Å². The molecule has 25 heavy (non-hydrogen) atoms. The molecule has 2 aromatic rings. The molecule has 0 heterocycles. The molecule has 0 saturated carbocycles. The molecule has 0 fully saturated rings. The zero-order valence-corrected chi connectivity index (χ0v) is 13.7. The molecule has 2 aromatic carbocycles. The van der Waals surface area contributed by atoms with Crippen LogP contribution in [-0.4, -0.2) is 29.4 Å². The van der Waals surface area contributed by atoms with Crippen molar-refractivity contribution in [2.75, 3.05) is 6.54 Å². The van der Waals surface area contributed by atoms with Crippen molar-refractivity contribution in [1.29, 1.82) is 0 Å². The highest BCUT2D eigenvalue weighted by atomic mass is 16.6. The Balaban J connectivity index is 1.81. The lowest BCUT2D eigenvalue weighted by Gasteiger charge is -2.13. The first kappa shape index (κ1) is 18.1. The van der Waals surface area contributed by atoms with E-state index in [-0.39, 0.29) is 11.3 Å². The van der Waals surface area contributed by atoms with Gasteiger partial charge < -0.3 is 10.1 Å². The van der Waals surface area contributed by atoms with E-state index in [1.807, 2.05) is 30.3 Å². The number of benzene rings is 2. The molecule has 1 atom stereocenters. The van der Waals surface area contributed by atoms with Gasteiger partial charge in [-0.15, -0.1) is 0 Å². The molecule has 2 rings (SSSR count). The Kier molecular flexibility index (Phi) is 6.22. The van der Waals surface area contributed by atoms with Crippen molar-refractivity contribution < 1.29 is 19.2 Å². The molecule has 0 aliphatic rings. The minimum atomic E-state index is -0.960. The number of nitro groups is 1. The Morgan fingerprint density at radius 1 is 1.12 bits per heavy atom. The summed E-state index contributed by atoms with van der Waals surface area (Å²) >= 11 is 0. The Morgan fingerprint density at radius 2 is 1.76 bits per heavy atom. The number of nitro benzene ring substituents is 1. The summed E-state index contributed by atoms with van der Waals surface area (Å²) < 4.78 is 5.08. The first-order chi connectivity index (χ1) is 12.0. The third-order valence-corrected chi connectivity index (χ3v) is 3.52. The SMILES string of the molecule is CC(OC(=O)c1ccc([N+](=O)[O-])cc1)C(=O)NCCc1ccccc1. The molecule has 0 aromatic heterocycles. The summed E-state index contributed by atoms with van der Waals surface area (Å²) in [5.74, 6) is -1.10. The molecule has 0 radical (unpaired) electrons. The fourth-order valence-corrected chi connectivity index (χ4v) is 2.12. The summed E-state index contributed by atoms with van der Waals surface area (Å²) in [7, 11) is 0. The average Bonchev–Trinajstić information content (AvgIpc) is 2.62. The van der Waals surface area contributed by atoms with Gasteiger partial charge in [0.15, 0.2) is 6.10 Å². The molecular formula is C18H18N2O5. The smallest absolute Gasteiger partial charge is 0.338 e. The maximum atomic E-state index is 12.0. The number of amides is 1. The standard InChI is InChI=1S/C18H18N2O5/c1-13(17(21)19-12-11-14-5-3-2-4-6-14)25-18(22)15-7-9-16(10-8-15)20(23)24/h2-10,13H,11-12H2,1H3,(H,19,21). The Morgan fingerprint density at radius 3 is 2.36 bits per heavy atom. The predicted octanol–water partition coefficient (Wildman–Crippen LogP) is 2.50. The second-order valence-corrected chi connectivity index (χ2v) is 5.38. The lowest BCUT2D eigenvalue weighted by atomic mass is 10.1. The summed E-state index contributed by atoms with van der Waals surface area (Å²) in [6.45, 7) is 1.91. The molecule has 1 amide bonds. The molecule has 0 saturated heterocycles. The van der Waals surface area contributed by atoms with E-state index in [4.69, 9.17) is 4.74 Å². The lowest BCUT2D eigenvalue weighted by Crippen LogP contribution is -2.36. The number of rotatable bonds is 7. The summed E-state index contributed by atoms with van der Waals surface area (Å²) in [5, 5.41) is 13.3. The van der Waals surface area contributed by atoms with Gasteiger partial charge in [0.25, 0.3) is 11.6 Å². The second-order valence-electron chi connectivity index (χ2n) is 5.38. The zero-order valence-electron chi connectivity index (χ0n) is 13.7. The second kappa shape index (κ2) is 8.58. The highest BCUT2D eigenvalue weighted by Gasteiger charge is 2.19. The van der Waals surface area contributed by atoms with Crippen LogP contribution in [0.5, 0.6) is 0 Å². The lowest BCUT2D eigenvalue weighted by molar-refractivity contribution is -0.384. The number of hydrogen-bond acceptors (Lipinski definition) is 5. The molecule has 0 aliphatic carbocycles. The van der Waals surface area contributed by atoms with Crippen LogP contribution in [0.2, 0.25) is 0 Å². The molecule has 7 heteroatoms. The van der Waals surface area contributed by atoms with Crippen LogP contribution in [0.3, 0.4) is 0 Å². The number of esters is 1. The maximum absolute atomic E-state index is 12.0. The van der Waals surface area contributed by atoms with Gasteiger partial charge in [0.2, 0.25) is 0 Å². The van der Waals surface area contributed by atoms with Crippen molar-refractivity contribution in [2.45, 2.75) is 19.4 Å². The zero-order chi connectivity index (χ0) is 18.2. The van der Waals surface area contributed by atoms with E-state index in [0.717, 1.165) is 5.56 Å². The van der Waals surface area contributed by atoms with E-state index < -0.39 is 22.9 Å². The Hall–Kier alpha value is -3.22. The fourth-order valence-electron chi connectivity index (χ4n) is 2.12. The number of carbonyl (C=O) groups is 2. The Bertz CT molecular complexity index is 744. The topological polar surface area (TPSA) is 98.5 Å². The predicted molar refractivity (Wildman–Crippen MR) is 91.1 cm³/mol. The highest BCUT2D eigenvalue weighted by molar-refractivity contribution is 5.92. The van der Waals surface area contributed by atoms with Crippen molar-refractivity contribution in [3.8, 4) is 0 Å². The molecule has 0 aliphatic heterocycles. The third-order valence-electron chi connectivity index (χ3n) is 3.52. The van der Waals surface area contributed by atoms with Gasteiger partial charge in [-0.3, -0.25) is 14.9 Å². The number of hydrogen-bond donors (Lipinski definition) is 1. The first-order valence-electron chi connectivity index (χ1n) is 7.74. The minimum absolute atomic E-state index is 0.122. The average molecular weight is 342 g/mol. The largest absolute Gasteiger partial charge is 0.449 e. The van der Waals surface area contributed by atoms with E-state index in [1.165, 1.54) is 31.2 Å². The normalized spacial score (nSPS) is 11.4. The first-order valence-corrected chi connectivity index (χ1v) is 7.74. The molecular weight excluding hydrogens is 324 g/mol. The molecule has 1 unspecified atom stereocenters. The number of nitrogens with one attached hydrogen (secondary N) is 1. The van der Waals surface area contributed by atoms with Crippen molar-refractivity contribution in [3.63, 3.8) is 0 Å². The van der Waals surface area contributed by atoms with Crippen LogP contribution >= 0.6 is 0 Å². The van der Waals surface area contributed by atoms with Gasteiger partial charge in [-0.25, -0.2) is 4.79 Å². The molecule has 0 spiro atoms. The van der Waals surface area contributed by atoms with Gasteiger partial charge in [-0.1, -0.05) is 30.3 Å². The number of non-ortho nitro benzene ring substituents is 1. The Labute approximate surface area is 144 Å². The van der Waals surface area contributed by atoms with Gasteiger partial charge in [0, 0.05) is 18.7 Å². The number of ether oxygens (including phenoxy) is 1. The molecule has 0 bridgehead atoms. The van der Waals surface area contributed by atoms with Crippen LogP contribution in [0.4, 0.5) is 5.69 Å². The van der Waals surface area contributed by atoms with Crippen molar-refractivity contribution in [3.05, 3.63) is 75.8 Å². The van der Waals surface area contributed by atoms with E-state index in [0.29, 0.717) is 13.0 Å². The van der Waals surface area contributed by atoms with Gasteiger partial charge in [0.1, 0.15) is 0 Å². The van der Waals surface area contributed by atoms with Gasteiger partial charge >= 0.3 is 5.97 Å². The van der Waals surface area contributed by atoms with Gasteiger partial charge in [-0.2, -0.15) is 0 Å². The monoisotopic (exact) mass is 342 g/mol. The summed E-state index contributed by atoms with van der Waals surface area (Å²) in [5.41, 5.74) is 1.12. The number of nitrogens with zero attached hydrogens (tertiary/aromatic N) is 1. The molecule has 1 N–H and O–H groups in total. The quantitative estimate of drug-likeness (QED) is 0.473. The van der Waals surface area contributed by atoms with E-state index in [9.17, 15) is 19.7 Å². The minimum Gasteiger partial charge on any atom is -0.449 e.